The normalized spacial score (nSPS) is 10.3. The van der Waals surface area contributed by atoms with Gasteiger partial charge in [-0.3, -0.25) is 4.79 Å². The fourth-order valence-corrected chi connectivity index (χ4v) is 1.17. The Bertz CT molecular complexity index is 394. The van der Waals surface area contributed by atoms with Crippen molar-refractivity contribution in [2.75, 3.05) is 5.32 Å². The van der Waals surface area contributed by atoms with Gasteiger partial charge >= 0.3 is 0 Å². The molecule has 1 aromatic heterocycles. The molecule has 5 nitrogen and oxygen atoms in total. The van der Waals surface area contributed by atoms with Crippen LogP contribution in [0.15, 0.2) is 4.79 Å². The second-order valence-corrected chi connectivity index (χ2v) is 3.37. The van der Waals surface area contributed by atoms with E-state index in [1.165, 1.54) is 0 Å². The zero-order chi connectivity index (χ0) is 10.7. The zero-order valence-electron chi connectivity index (χ0n) is 8.51. The summed E-state index contributed by atoms with van der Waals surface area (Å²) in [6, 6.07) is 0.205. The molecule has 5 heteroatoms. The molecular formula is C9H14N4O. The SMILES string of the molecule is Cc1n[nH]c(=O)c(C=N)c1NC(C)C. The number of H-pyrrole nitrogens is 1. The van der Waals surface area contributed by atoms with Crippen LogP contribution in [0.4, 0.5) is 5.69 Å². The molecule has 0 atom stereocenters. The minimum Gasteiger partial charge on any atom is -0.381 e. The molecule has 0 bridgehead atoms. The fraction of sp³-hybridized carbons (Fsp3) is 0.444. The first-order valence-corrected chi connectivity index (χ1v) is 4.42. The van der Waals surface area contributed by atoms with E-state index < -0.39 is 0 Å². The van der Waals surface area contributed by atoms with Crippen molar-refractivity contribution in [3.8, 4) is 0 Å². The van der Waals surface area contributed by atoms with Gasteiger partial charge in [0.1, 0.15) is 0 Å². The van der Waals surface area contributed by atoms with Crippen LogP contribution < -0.4 is 10.9 Å². The van der Waals surface area contributed by atoms with Crippen molar-refractivity contribution in [3.05, 3.63) is 21.6 Å². The van der Waals surface area contributed by atoms with Gasteiger partial charge in [0.15, 0.2) is 0 Å². The van der Waals surface area contributed by atoms with Crippen LogP contribution in [0.25, 0.3) is 0 Å². The largest absolute Gasteiger partial charge is 0.381 e. The molecule has 0 unspecified atom stereocenters. The van der Waals surface area contributed by atoms with Gasteiger partial charge in [-0.2, -0.15) is 5.10 Å². The lowest BCUT2D eigenvalue weighted by molar-refractivity contribution is 0.874. The second-order valence-electron chi connectivity index (χ2n) is 3.37. The lowest BCUT2D eigenvalue weighted by Gasteiger charge is -2.13. The topological polar surface area (TPSA) is 81.6 Å². The Balaban J connectivity index is 3.30. The third-order valence-corrected chi connectivity index (χ3v) is 1.78. The van der Waals surface area contributed by atoms with Gasteiger partial charge in [-0.15, -0.1) is 0 Å². The van der Waals surface area contributed by atoms with Crippen LogP contribution in [0.5, 0.6) is 0 Å². The predicted molar refractivity (Wildman–Crippen MR) is 56.2 cm³/mol. The Kier molecular flexibility index (Phi) is 3.01. The van der Waals surface area contributed by atoms with Crippen LogP contribution in [0.1, 0.15) is 25.1 Å². The summed E-state index contributed by atoms with van der Waals surface area (Å²) in [7, 11) is 0. The van der Waals surface area contributed by atoms with E-state index >= 15 is 0 Å². The number of hydrogen-bond acceptors (Lipinski definition) is 4. The van der Waals surface area contributed by atoms with Gasteiger partial charge < -0.3 is 10.7 Å². The van der Waals surface area contributed by atoms with Gasteiger partial charge in [0.25, 0.3) is 5.56 Å². The maximum atomic E-state index is 11.3. The van der Waals surface area contributed by atoms with Crippen LogP contribution in [-0.4, -0.2) is 22.5 Å². The molecule has 0 aromatic carbocycles. The van der Waals surface area contributed by atoms with Crippen molar-refractivity contribution in [3.63, 3.8) is 0 Å². The van der Waals surface area contributed by atoms with Crippen molar-refractivity contribution in [1.82, 2.24) is 10.2 Å². The van der Waals surface area contributed by atoms with Gasteiger partial charge in [-0.05, 0) is 20.8 Å². The molecule has 1 heterocycles. The summed E-state index contributed by atoms with van der Waals surface area (Å²) in [6.45, 7) is 5.72. The lowest BCUT2D eigenvalue weighted by Crippen LogP contribution is -2.21. The number of rotatable bonds is 3. The van der Waals surface area contributed by atoms with Crippen LogP contribution in [-0.2, 0) is 0 Å². The molecule has 14 heavy (non-hydrogen) atoms. The molecule has 0 fully saturated rings. The van der Waals surface area contributed by atoms with Gasteiger partial charge in [0.2, 0.25) is 0 Å². The van der Waals surface area contributed by atoms with E-state index in [0.717, 1.165) is 6.21 Å². The predicted octanol–water partition coefficient (Wildman–Crippen LogP) is 0.896. The van der Waals surface area contributed by atoms with Gasteiger partial charge in [-0.25, -0.2) is 5.10 Å². The molecule has 0 radical (unpaired) electrons. The van der Waals surface area contributed by atoms with Crippen LogP contribution in [0.2, 0.25) is 0 Å². The molecule has 0 aliphatic heterocycles. The van der Waals surface area contributed by atoms with Crippen LogP contribution >= 0.6 is 0 Å². The number of nitrogens with one attached hydrogen (secondary N) is 3. The fourth-order valence-electron chi connectivity index (χ4n) is 1.17. The summed E-state index contributed by atoms with van der Waals surface area (Å²) >= 11 is 0. The van der Waals surface area contributed by atoms with E-state index in [0.29, 0.717) is 16.9 Å². The number of anilines is 1. The quantitative estimate of drug-likeness (QED) is 0.625. The lowest BCUT2D eigenvalue weighted by atomic mass is 10.2. The molecular weight excluding hydrogens is 180 g/mol. The highest BCUT2D eigenvalue weighted by Crippen LogP contribution is 2.13. The highest BCUT2D eigenvalue weighted by atomic mass is 16.1. The molecule has 0 aliphatic carbocycles. The summed E-state index contributed by atoms with van der Waals surface area (Å²) in [6.07, 6.45) is 1.04. The Labute approximate surface area is 82.1 Å². The second kappa shape index (κ2) is 4.04. The maximum Gasteiger partial charge on any atom is 0.275 e. The van der Waals surface area contributed by atoms with Crippen molar-refractivity contribution >= 4 is 11.9 Å². The molecule has 1 rings (SSSR count). The third-order valence-electron chi connectivity index (χ3n) is 1.78. The first-order valence-electron chi connectivity index (χ1n) is 4.42. The van der Waals surface area contributed by atoms with E-state index in [1.807, 2.05) is 13.8 Å². The Morgan fingerprint density at radius 2 is 2.21 bits per heavy atom. The summed E-state index contributed by atoms with van der Waals surface area (Å²) in [4.78, 5) is 11.3. The average molecular weight is 194 g/mol. The summed E-state index contributed by atoms with van der Waals surface area (Å²) in [5, 5.41) is 16.4. The molecule has 0 saturated heterocycles. The minimum atomic E-state index is -0.339. The monoisotopic (exact) mass is 194 g/mol. The van der Waals surface area contributed by atoms with E-state index in [9.17, 15) is 4.79 Å². The van der Waals surface area contributed by atoms with E-state index in [-0.39, 0.29) is 11.6 Å². The minimum absolute atomic E-state index is 0.205. The molecule has 1 aromatic rings. The molecule has 0 saturated carbocycles. The van der Waals surface area contributed by atoms with Crippen molar-refractivity contribution in [1.29, 1.82) is 5.41 Å². The van der Waals surface area contributed by atoms with Crippen molar-refractivity contribution in [2.24, 2.45) is 0 Å². The number of aromatic nitrogens is 2. The summed E-state index contributed by atoms with van der Waals surface area (Å²) in [5.74, 6) is 0. The van der Waals surface area contributed by atoms with Crippen LogP contribution in [0, 0.1) is 12.3 Å². The first kappa shape index (κ1) is 10.4. The first-order chi connectivity index (χ1) is 6.56. The molecule has 0 aliphatic rings. The van der Waals surface area contributed by atoms with Crippen molar-refractivity contribution in [2.45, 2.75) is 26.8 Å². The number of hydrogen-bond donors (Lipinski definition) is 3. The standard InChI is InChI=1S/C9H14N4O/c1-5(2)11-8-6(3)12-13-9(14)7(8)4-10/h4-5,10H,1-3H3,(H2,11,13,14). The zero-order valence-corrected chi connectivity index (χ0v) is 8.51. The molecule has 76 valence electrons. The number of aromatic amines is 1. The van der Waals surface area contributed by atoms with E-state index in [4.69, 9.17) is 5.41 Å². The molecule has 0 spiro atoms. The molecule has 3 N–H and O–H groups in total. The summed E-state index contributed by atoms with van der Waals surface area (Å²) < 4.78 is 0. The smallest absolute Gasteiger partial charge is 0.275 e. The van der Waals surface area contributed by atoms with E-state index in [2.05, 4.69) is 15.5 Å². The molecule has 0 amide bonds. The highest BCUT2D eigenvalue weighted by Gasteiger charge is 2.09. The Hall–Kier alpha value is -1.65. The third kappa shape index (κ3) is 1.99. The van der Waals surface area contributed by atoms with Crippen LogP contribution in [0.3, 0.4) is 0 Å². The average Bonchev–Trinajstić information content (AvgIpc) is 2.11. The van der Waals surface area contributed by atoms with Gasteiger partial charge in [0, 0.05) is 12.3 Å². The number of aryl methyl sites for hydroxylation is 1. The number of nitrogens with zero attached hydrogens (tertiary/aromatic N) is 1. The van der Waals surface area contributed by atoms with Gasteiger partial charge in [0.05, 0.1) is 16.9 Å². The Morgan fingerprint density at radius 3 is 2.71 bits per heavy atom. The van der Waals surface area contributed by atoms with Gasteiger partial charge in [-0.1, -0.05) is 0 Å². The van der Waals surface area contributed by atoms with E-state index in [1.54, 1.807) is 6.92 Å². The maximum absolute atomic E-state index is 11.3. The highest BCUT2D eigenvalue weighted by molar-refractivity contribution is 5.85. The summed E-state index contributed by atoms with van der Waals surface area (Å²) in [5.41, 5.74) is 1.32. The van der Waals surface area contributed by atoms with Crippen molar-refractivity contribution < 1.29 is 0 Å². The Morgan fingerprint density at radius 1 is 1.57 bits per heavy atom.